The Labute approximate surface area is 237 Å². The van der Waals surface area contributed by atoms with Crippen molar-refractivity contribution in [3.63, 3.8) is 0 Å². The molecule has 206 valence electrons. The first-order valence-electron chi connectivity index (χ1n) is 12.7. The second-order valence-electron chi connectivity index (χ2n) is 8.87. The Hall–Kier alpha value is -5.57. The van der Waals surface area contributed by atoms with Gasteiger partial charge in [0.15, 0.2) is 23.0 Å². The van der Waals surface area contributed by atoms with E-state index in [1.807, 2.05) is 30.3 Å². The summed E-state index contributed by atoms with van der Waals surface area (Å²) in [5, 5.41) is 6.76. The number of benzene rings is 4. The molecule has 2 amide bonds. The first kappa shape index (κ1) is 27.0. The zero-order chi connectivity index (χ0) is 28.4. The molecule has 0 radical (unpaired) electrons. The molecule has 1 heterocycles. The first-order chi connectivity index (χ1) is 20.1. The molecular weight excluding hydrogens is 522 g/mol. The van der Waals surface area contributed by atoms with E-state index >= 15 is 0 Å². The van der Waals surface area contributed by atoms with Gasteiger partial charge in [0, 0.05) is 5.56 Å². The number of methoxy groups -OCH3 is 1. The van der Waals surface area contributed by atoms with Crippen molar-refractivity contribution < 1.29 is 28.5 Å². The maximum atomic E-state index is 13.1. The predicted octanol–water partition coefficient (Wildman–Crippen LogP) is 4.92. The molecule has 0 aromatic heterocycles. The molecule has 0 unspecified atom stereocenters. The van der Waals surface area contributed by atoms with Crippen molar-refractivity contribution in [3.05, 3.63) is 125 Å². The number of carbonyl (C=O) groups excluding carboxylic acids is 2. The Kier molecular flexibility index (Phi) is 8.56. The number of nitrogens with zero attached hydrogens (tertiary/aromatic N) is 1. The molecule has 0 bridgehead atoms. The van der Waals surface area contributed by atoms with Crippen LogP contribution in [-0.2, 0) is 11.4 Å². The molecule has 5 rings (SSSR count). The van der Waals surface area contributed by atoms with Crippen LogP contribution in [0.2, 0.25) is 0 Å². The number of fused-ring (bicyclic) bond motifs is 1. The largest absolute Gasteiger partial charge is 0.493 e. The summed E-state index contributed by atoms with van der Waals surface area (Å²) in [6.45, 7) is 0.522. The van der Waals surface area contributed by atoms with Crippen LogP contribution in [0, 0.1) is 0 Å². The van der Waals surface area contributed by atoms with Gasteiger partial charge in [-0.3, -0.25) is 9.59 Å². The highest BCUT2D eigenvalue weighted by molar-refractivity contribution is 6.05. The number of hydrazone groups is 1. The van der Waals surface area contributed by atoms with E-state index in [-0.39, 0.29) is 12.5 Å². The second kappa shape index (κ2) is 13.0. The number of amides is 2. The fourth-order valence-corrected chi connectivity index (χ4v) is 3.96. The number of hydrogen-bond donors (Lipinski definition) is 2. The maximum absolute atomic E-state index is 13.1. The van der Waals surface area contributed by atoms with E-state index in [0.717, 1.165) is 5.56 Å². The average molecular weight is 550 g/mol. The molecule has 4 aromatic carbocycles. The smallest absolute Gasteiger partial charge is 0.287 e. The summed E-state index contributed by atoms with van der Waals surface area (Å²) in [7, 11) is 1.55. The van der Waals surface area contributed by atoms with Crippen LogP contribution in [-0.4, -0.2) is 31.9 Å². The molecule has 4 aromatic rings. The average Bonchev–Trinajstić information content (AvgIpc) is 3.49. The van der Waals surface area contributed by atoms with Crippen LogP contribution >= 0.6 is 0 Å². The van der Waals surface area contributed by atoms with Gasteiger partial charge in [0.1, 0.15) is 12.3 Å². The van der Waals surface area contributed by atoms with Crippen molar-refractivity contribution in [1.29, 1.82) is 0 Å². The normalized spacial score (nSPS) is 12.2. The van der Waals surface area contributed by atoms with Gasteiger partial charge < -0.3 is 24.3 Å². The molecule has 9 heteroatoms. The van der Waals surface area contributed by atoms with E-state index in [2.05, 4.69) is 15.8 Å². The Morgan fingerprint density at radius 3 is 2.37 bits per heavy atom. The van der Waals surface area contributed by atoms with Gasteiger partial charge in [0.25, 0.3) is 11.8 Å². The summed E-state index contributed by atoms with van der Waals surface area (Å²) >= 11 is 0. The van der Waals surface area contributed by atoms with Crippen LogP contribution in [0.4, 0.5) is 0 Å². The summed E-state index contributed by atoms with van der Waals surface area (Å²) < 4.78 is 22.2. The summed E-state index contributed by atoms with van der Waals surface area (Å²) in [5.41, 5.74) is 5.22. The van der Waals surface area contributed by atoms with E-state index in [0.29, 0.717) is 46.3 Å². The lowest BCUT2D eigenvalue weighted by atomic mass is 10.1. The molecule has 41 heavy (non-hydrogen) atoms. The van der Waals surface area contributed by atoms with E-state index in [1.54, 1.807) is 73.8 Å². The Morgan fingerprint density at radius 2 is 1.59 bits per heavy atom. The molecule has 0 saturated carbocycles. The van der Waals surface area contributed by atoms with Crippen molar-refractivity contribution in [2.45, 2.75) is 6.61 Å². The zero-order valence-electron chi connectivity index (χ0n) is 22.2. The fraction of sp³-hybridized carbons (Fsp3) is 0.0938. The Morgan fingerprint density at radius 1 is 0.854 bits per heavy atom. The van der Waals surface area contributed by atoms with Gasteiger partial charge in [-0.15, -0.1) is 0 Å². The van der Waals surface area contributed by atoms with Crippen LogP contribution in [0.15, 0.2) is 108 Å². The molecule has 0 spiro atoms. The van der Waals surface area contributed by atoms with Crippen molar-refractivity contribution in [3.8, 4) is 23.0 Å². The summed E-state index contributed by atoms with van der Waals surface area (Å²) in [6, 6.07) is 28.9. The van der Waals surface area contributed by atoms with Crippen LogP contribution in [0.5, 0.6) is 23.0 Å². The quantitative estimate of drug-likeness (QED) is 0.165. The Balaban J connectivity index is 1.29. The molecule has 0 atom stereocenters. The second-order valence-corrected chi connectivity index (χ2v) is 8.87. The van der Waals surface area contributed by atoms with Gasteiger partial charge in [-0.2, -0.15) is 5.10 Å². The van der Waals surface area contributed by atoms with Crippen molar-refractivity contribution >= 4 is 24.1 Å². The van der Waals surface area contributed by atoms with Crippen LogP contribution in [0.1, 0.15) is 27.0 Å². The number of hydrogen-bond acceptors (Lipinski definition) is 7. The van der Waals surface area contributed by atoms with Gasteiger partial charge in [0.2, 0.25) is 6.79 Å². The lowest BCUT2D eigenvalue weighted by molar-refractivity contribution is -0.117. The monoisotopic (exact) mass is 549 g/mol. The predicted molar refractivity (Wildman–Crippen MR) is 154 cm³/mol. The Bertz CT molecular complexity index is 1590. The van der Waals surface area contributed by atoms with Gasteiger partial charge in [-0.25, -0.2) is 5.43 Å². The van der Waals surface area contributed by atoms with E-state index in [4.69, 9.17) is 18.9 Å². The molecule has 0 fully saturated rings. The minimum Gasteiger partial charge on any atom is -0.493 e. The third-order valence-corrected chi connectivity index (χ3v) is 6.04. The first-order valence-corrected chi connectivity index (χ1v) is 12.7. The maximum Gasteiger partial charge on any atom is 0.287 e. The molecule has 1 aliphatic heterocycles. The summed E-state index contributed by atoms with van der Waals surface area (Å²) in [5.74, 6) is 1.21. The summed E-state index contributed by atoms with van der Waals surface area (Å²) in [6.07, 6.45) is 3.01. The van der Waals surface area contributed by atoms with E-state index in [9.17, 15) is 9.59 Å². The van der Waals surface area contributed by atoms with E-state index < -0.39 is 11.8 Å². The number of carbonyl (C=O) groups is 2. The molecule has 2 N–H and O–H groups in total. The topological polar surface area (TPSA) is 107 Å². The molecular formula is C32H27N3O6. The van der Waals surface area contributed by atoms with Crippen LogP contribution in [0.25, 0.3) is 6.08 Å². The lowest BCUT2D eigenvalue weighted by Crippen LogP contribution is -2.32. The van der Waals surface area contributed by atoms with E-state index in [1.165, 1.54) is 12.3 Å². The van der Waals surface area contributed by atoms with Gasteiger partial charge in [-0.05, 0) is 65.2 Å². The standard InChI is InChI=1S/C32H27N3O6/c1-38-29-18-24(13-15-27(29)39-20-22-8-4-2-5-9-22)19-33-35-32(37)26(34-31(36)25-10-6-3-7-11-25)16-23-12-14-28-30(17-23)41-21-40-28/h2-19H,20-21H2,1H3,(H,34,36)(H,35,37). The highest BCUT2D eigenvalue weighted by Crippen LogP contribution is 2.33. The van der Waals surface area contributed by atoms with Crippen molar-refractivity contribution in [2.75, 3.05) is 13.9 Å². The van der Waals surface area contributed by atoms with Crippen molar-refractivity contribution in [2.24, 2.45) is 5.10 Å². The lowest BCUT2D eigenvalue weighted by Gasteiger charge is -2.11. The summed E-state index contributed by atoms with van der Waals surface area (Å²) in [4.78, 5) is 26.0. The number of rotatable bonds is 10. The molecule has 0 saturated heterocycles. The molecule has 1 aliphatic rings. The van der Waals surface area contributed by atoms with Crippen molar-refractivity contribution in [1.82, 2.24) is 10.7 Å². The fourth-order valence-electron chi connectivity index (χ4n) is 3.96. The van der Waals surface area contributed by atoms with Gasteiger partial charge in [0.05, 0.1) is 13.3 Å². The van der Waals surface area contributed by atoms with Gasteiger partial charge >= 0.3 is 0 Å². The zero-order valence-corrected chi connectivity index (χ0v) is 22.2. The van der Waals surface area contributed by atoms with Crippen LogP contribution in [0.3, 0.4) is 0 Å². The number of nitrogens with one attached hydrogen (secondary N) is 2. The molecule has 0 aliphatic carbocycles. The third kappa shape index (κ3) is 7.10. The van der Waals surface area contributed by atoms with Crippen LogP contribution < -0.4 is 29.7 Å². The third-order valence-electron chi connectivity index (χ3n) is 6.04. The van der Waals surface area contributed by atoms with Gasteiger partial charge in [-0.1, -0.05) is 54.6 Å². The number of ether oxygens (including phenoxy) is 4. The molecule has 9 nitrogen and oxygen atoms in total. The SMILES string of the molecule is COc1cc(C=NNC(=O)C(=Cc2ccc3c(c2)OCO3)NC(=O)c2ccccc2)ccc1OCc1ccccc1. The minimum atomic E-state index is -0.613. The highest BCUT2D eigenvalue weighted by Gasteiger charge is 2.17. The highest BCUT2D eigenvalue weighted by atomic mass is 16.7. The minimum absolute atomic E-state index is 0.00268.